The summed E-state index contributed by atoms with van der Waals surface area (Å²) in [5.41, 5.74) is 1.67. The van der Waals surface area contributed by atoms with Gasteiger partial charge in [-0.2, -0.15) is 0 Å². The van der Waals surface area contributed by atoms with E-state index in [-0.39, 0.29) is 11.7 Å². The lowest BCUT2D eigenvalue weighted by atomic mass is 10.1. The van der Waals surface area contributed by atoms with Gasteiger partial charge in [0.2, 0.25) is 5.91 Å². The van der Waals surface area contributed by atoms with E-state index in [0.717, 1.165) is 15.4 Å². The minimum atomic E-state index is -0.356. The van der Waals surface area contributed by atoms with Crippen molar-refractivity contribution in [3.8, 4) is 5.75 Å². The fourth-order valence-corrected chi connectivity index (χ4v) is 2.85. The smallest absolute Gasteiger partial charge is 0.248 e. The molecule has 0 saturated carbocycles. The van der Waals surface area contributed by atoms with Crippen LogP contribution in [0, 0.1) is 0 Å². The van der Waals surface area contributed by atoms with Crippen molar-refractivity contribution in [1.29, 1.82) is 0 Å². The summed E-state index contributed by atoms with van der Waals surface area (Å²) < 4.78 is 11.8. The Morgan fingerprint density at radius 3 is 2.69 bits per heavy atom. The number of anilines is 1. The van der Waals surface area contributed by atoms with Crippen molar-refractivity contribution >= 4 is 50.4 Å². The molecule has 0 saturated heterocycles. The van der Waals surface area contributed by atoms with E-state index in [1.807, 2.05) is 24.3 Å². The molecule has 3 aromatic rings. The number of nitrogens with one attached hydrogen (secondary N) is 1. The number of halogens is 1. The number of methoxy groups -OCH3 is 1. The molecule has 0 fully saturated rings. The zero-order valence-corrected chi connectivity index (χ0v) is 15.8. The number of hydrogen-bond donors (Lipinski definition) is 1. The Kier molecular flexibility index (Phi) is 5.23. The number of furan rings is 1. The van der Waals surface area contributed by atoms with Crippen molar-refractivity contribution in [1.82, 2.24) is 0 Å². The standard InChI is InChI=1S/C20H16BrNO4/c1-12(23)13-3-6-19(25-2)17(11-13)22-20(24)8-5-16-10-14-9-15(21)4-7-18(14)26-16/h3-11H,1-2H3,(H,22,24). The van der Waals surface area contributed by atoms with Crippen LogP contribution in [0.5, 0.6) is 5.75 Å². The van der Waals surface area contributed by atoms with Gasteiger partial charge in [-0.25, -0.2) is 0 Å². The van der Waals surface area contributed by atoms with Crippen LogP contribution < -0.4 is 10.1 Å². The number of hydrogen-bond acceptors (Lipinski definition) is 4. The lowest BCUT2D eigenvalue weighted by molar-refractivity contribution is -0.111. The molecular weight excluding hydrogens is 398 g/mol. The van der Waals surface area contributed by atoms with Crippen LogP contribution in [0.15, 0.2) is 57.4 Å². The number of ketones is 1. The summed E-state index contributed by atoms with van der Waals surface area (Å²) in [6.07, 6.45) is 2.96. The minimum absolute atomic E-state index is 0.0906. The van der Waals surface area contributed by atoms with Gasteiger partial charge in [0.15, 0.2) is 5.78 Å². The molecule has 0 bridgehead atoms. The maximum absolute atomic E-state index is 12.2. The van der Waals surface area contributed by atoms with Crippen molar-refractivity contribution in [3.63, 3.8) is 0 Å². The van der Waals surface area contributed by atoms with Gasteiger partial charge < -0.3 is 14.5 Å². The van der Waals surface area contributed by atoms with Gasteiger partial charge >= 0.3 is 0 Å². The Balaban J connectivity index is 1.78. The van der Waals surface area contributed by atoms with Gasteiger partial charge in [-0.05, 0) is 55.5 Å². The molecule has 3 rings (SSSR count). The third-order valence-corrected chi connectivity index (χ3v) is 4.25. The highest BCUT2D eigenvalue weighted by molar-refractivity contribution is 9.10. The molecule has 0 radical (unpaired) electrons. The summed E-state index contributed by atoms with van der Waals surface area (Å²) in [4.78, 5) is 23.7. The number of carbonyl (C=O) groups is 2. The topological polar surface area (TPSA) is 68.5 Å². The normalized spacial score (nSPS) is 11.0. The molecule has 2 aromatic carbocycles. The average Bonchev–Trinajstić information content (AvgIpc) is 3.01. The number of carbonyl (C=O) groups excluding carboxylic acids is 2. The molecule has 1 amide bonds. The summed E-state index contributed by atoms with van der Waals surface area (Å²) >= 11 is 3.41. The molecule has 0 unspecified atom stereocenters. The van der Waals surface area contributed by atoms with Crippen molar-refractivity contribution in [2.45, 2.75) is 6.92 Å². The van der Waals surface area contributed by atoms with Crippen LogP contribution in [0.25, 0.3) is 17.0 Å². The summed E-state index contributed by atoms with van der Waals surface area (Å²) in [6.45, 7) is 1.47. The lowest BCUT2D eigenvalue weighted by Gasteiger charge is -2.10. The largest absolute Gasteiger partial charge is 0.495 e. The Morgan fingerprint density at radius 2 is 1.96 bits per heavy atom. The SMILES string of the molecule is COc1ccc(C(C)=O)cc1NC(=O)C=Cc1cc2cc(Br)ccc2o1. The first-order valence-electron chi connectivity index (χ1n) is 7.83. The molecule has 0 aliphatic rings. The van der Waals surface area contributed by atoms with Crippen LogP contribution in [-0.2, 0) is 4.79 Å². The Labute approximate surface area is 158 Å². The highest BCUT2D eigenvalue weighted by atomic mass is 79.9. The van der Waals surface area contributed by atoms with Gasteiger partial charge in [-0.1, -0.05) is 15.9 Å². The van der Waals surface area contributed by atoms with E-state index < -0.39 is 0 Å². The number of amides is 1. The van der Waals surface area contributed by atoms with Crippen molar-refractivity contribution in [2.24, 2.45) is 0 Å². The molecule has 132 valence electrons. The van der Waals surface area contributed by atoms with E-state index in [9.17, 15) is 9.59 Å². The number of rotatable bonds is 5. The molecule has 1 aromatic heterocycles. The van der Waals surface area contributed by atoms with Crippen LogP contribution in [0.2, 0.25) is 0 Å². The molecule has 0 aliphatic heterocycles. The molecular formula is C20H16BrNO4. The van der Waals surface area contributed by atoms with Gasteiger partial charge in [0.05, 0.1) is 12.8 Å². The highest BCUT2D eigenvalue weighted by Crippen LogP contribution is 2.26. The second-order valence-corrected chi connectivity index (χ2v) is 6.54. The van der Waals surface area contributed by atoms with Crippen LogP contribution in [0.1, 0.15) is 23.0 Å². The monoisotopic (exact) mass is 413 g/mol. The average molecular weight is 414 g/mol. The fraction of sp³-hybridized carbons (Fsp3) is 0.100. The van der Waals surface area contributed by atoms with E-state index in [1.165, 1.54) is 20.1 Å². The van der Waals surface area contributed by atoms with Crippen molar-refractivity contribution in [3.05, 3.63) is 64.3 Å². The number of benzene rings is 2. The quantitative estimate of drug-likeness (QED) is 0.468. The zero-order valence-electron chi connectivity index (χ0n) is 14.2. The minimum Gasteiger partial charge on any atom is -0.495 e. The molecule has 0 atom stereocenters. The summed E-state index contributed by atoms with van der Waals surface area (Å²) in [5, 5.41) is 3.66. The second kappa shape index (κ2) is 7.58. The zero-order chi connectivity index (χ0) is 18.7. The summed E-state index contributed by atoms with van der Waals surface area (Å²) in [5.74, 6) is 0.598. The van der Waals surface area contributed by atoms with Crippen molar-refractivity contribution < 1.29 is 18.7 Å². The predicted octanol–water partition coefficient (Wildman–Crippen LogP) is 5.06. The van der Waals surface area contributed by atoms with E-state index in [0.29, 0.717) is 22.8 Å². The second-order valence-electron chi connectivity index (χ2n) is 5.62. The Bertz CT molecular complexity index is 1020. The summed E-state index contributed by atoms with van der Waals surface area (Å²) in [7, 11) is 1.50. The maximum Gasteiger partial charge on any atom is 0.248 e. The molecule has 5 nitrogen and oxygen atoms in total. The molecule has 6 heteroatoms. The first-order chi connectivity index (χ1) is 12.5. The van der Waals surface area contributed by atoms with Gasteiger partial charge in [0.25, 0.3) is 0 Å². The third kappa shape index (κ3) is 4.03. The van der Waals surface area contributed by atoms with E-state index in [2.05, 4.69) is 21.2 Å². The summed E-state index contributed by atoms with van der Waals surface area (Å²) in [6, 6.07) is 12.4. The fourth-order valence-electron chi connectivity index (χ4n) is 2.47. The Hall–Kier alpha value is -2.86. The van der Waals surface area contributed by atoms with E-state index in [4.69, 9.17) is 9.15 Å². The van der Waals surface area contributed by atoms with Crippen molar-refractivity contribution in [2.75, 3.05) is 12.4 Å². The predicted molar refractivity (Wildman–Crippen MR) is 105 cm³/mol. The van der Waals surface area contributed by atoms with Gasteiger partial charge in [0, 0.05) is 21.5 Å². The van der Waals surface area contributed by atoms with Crippen LogP contribution in [0.4, 0.5) is 5.69 Å². The van der Waals surface area contributed by atoms with Crippen LogP contribution in [0.3, 0.4) is 0 Å². The molecule has 0 aliphatic carbocycles. The van der Waals surface area contributed by atoms with E-state index >= 15 is 0 Å². The maximum atomic E-state index is 12.2. The van der Waals surface area contributed by atoms with Crippen LogP contribution >= 0.6 is 15.9 Å². The van der Waals surface area contributed by atoms with Gasteiger partial charge in [-0.3, -0.25) is 9.59 Å². The number of Topliss-reactive ketones (excluding diaryl/α,β-unsaturated/α-hetero) is 1. The molecule has 0 spiro atoms. The highest BCUT2D eigenvalue weighted by Gasteiger charge is 2.09. The van der Waals surface area contributed by atoms with E-state index in [1.54, 1.807) is 24.3 Å². The third-order valence-electron chi connectivity index (χ3n) is 3.76. The molecule has 1 heterocycles. The Morgan fingerprint density at radius 1 is 1.15 bits per heavy atom. The number of fused-ring (bicyclic) bond motifs is 1. The van der Waals surface area contributed by atoms with Crippen LogP contribution in [-0.4, -0.2) is 18.8 Å². The lowest BCUT2D eigenvalue weighted by Crippen LogP contribution is -2.09. The van der Waals surface area contributed by atoms with Gasteiger partial charge in [-0.15, -0.1) is 0 Å². The molecule has 1 N–H and O–H groups in total. The molecule has 26 heavy (non-hydrogen) atoms. The van der Waals surface area contributed by atoms with Gasteiger partial charge in [0.1, 0.15) is 17.1 Å². The number of ether oxygens (including phenoxy) is 1. The first kappa shape index (κ1) is 17.9. The first-order valence-corrected chi connectivity index (χ1v) is 8.62.